The number of ether oxygens (including phenoxy) is 1. The van der Waals surface area contributed by atoms with E-state index in [0.717, 1.165) is 16.5 Å². The third-order valence-electron chi connectivity index (χ3n) is 2.76. The molecule has 1 aromatic carbocycles. The fourth-order valence-electron chi connectivity index (χ4n) is 1.90. The van der Waals surface area contributed by atoms with E-state index in [2.05, 4.69) is 10.3 Å². The predicted octanol–water partition coefficient (Wildman–Crippen LogP) is 1.39. The molecule has 5 heteroatoms. The molecule has 19 heavy (non-hydrogen) atoms. The molecular weight excluding hydrogens is 244 g/mol. The van der Waals surface area contributed by atoms with E-state index in [1.165, 1.54) is 0 Å². The first kappa shape index (κ1) is 13.1. The standard InChI is InChI=1S/C14H16N2O3/c1-2-19-14(18)9-16-13(17)7-10-8-15-12-6-4-3-5-11(10)12/h3-6,8,15H,2,7,9H2,1H3,(H,16,17). The Morgan fingerprint density at radius 2 is 2.11 bits per heavy atom. The summed E-state index contributed by atoms with van der Waals surface area (Å²) in [4.78, 5) is 26.0. The molecule has 100 valence electrons. The molecule has 0 saturated heterocycles. The summed E-state index contributed by atoms with van der Waals surface area (Å²) in [5, 5.41) is 3.56. The van der Waals surface area contributed by atoms with Gasteiger partial charge in [0, 0.05) is 17.1 Å². The summed E-state index contributed by atoms with van der Waals surface area (Å²) in [7, 11) is 0. The Hall–Kier alpha value is -2.30. The Morgan fingerprint density at radius 3 is 2.89 bits per heavy atom. The maximum Gasteiger partial charge on any atom is 0.325 e. The van der Waals surface area contributed by atoms with Crippen LogP contribution in [0.25, 0.3) is 10.9 Å². The second-order valence-corrected chi connectivity index (χ2v) is 4.12. The highest BCUT2D eigenvalue weighted by molar-refractivity contribution is 5.90. The van der Waals surface area contributed by atoms with Crippen LogP contribution in [0.2, 0.25) is 0 Å². The molecule has 0 unspecified atom stereocenters. The third kappa shape index (κ3) is 3.34. The van der Waals surface area contributed by atoms with Gasteiger partial charge >= 0.3 is 5.97 Å². The zero-order chi connectivity index (χ0) is 13.7. The van der Waals surface area contributed by atoms with Gasteiger partial charge in [0.05, 0.1) is 13.0 Å². The van der Waals surface area contributed by atoms with Crippen LogP contribution >= 0.6 is 0 Å². The minimum absolute atomic E-state index is 0.0883. The SMILES string of the molecule is CCOC(=O)CNC(=O)Cc1c[nH]c2ccccc12. The Morgan fingerprint density at radius 1 is 1.32 bits per heavy atom. The van der Waals surface area contributed by atoms with Gasteiger partial charge in [-0.3, -0.25) is 9.59 Å². The van der Waals surface area contributed by atoms with Gasteiger partial charge in [-0.05, 0) is 18.6 Å². The Kier molecular flexibility index (Phi) is 4.18. The summed E-state index contributed by atoms with van der Waals surface area (Å²) in [6.45, 7) is 1.96. The molecule has 1 amide bonds. The molecule has 0 atom stereocenters. The van der Waals surface area contributed by atoms with Gasteiger partial charge in [-0.1, -0.05) is 18.2 Å². The lowest BCUT2D eigenvalue weighted by molar-refractivity contribution is -0.143. The first-order valence-corrected chi connectivity index (χ1v) is 6.18. The van der Waals surface area contributed by atoms with Gasteiger partial charge in [0.25, 0.3) is 0 Å². The number of carbonyl (C=O) groups excluding carboxylic acids is 2. The molecule has 0 aliphatic heterocycles. The van der Waals surface area contributed by atoms with Crippen LogP contribution in [0.1, 0.15) is 12.5 Å². The van der Waals surface area contributed by atoms with E-state index in [-0.39, 0.29) is 18.9 Å². The van der Waals surface area contributed by atoms with Gasteiger partial charge in [-0.2, -0.15) is 0 Å². The molecule has 0 radical (unpaired) electrons. The molecule has 2 N–H and O–H groups in total. The highest BCUT2D eigenvalue weighted by atomic mass is 16.5. The molecular formula is C14H16N2O3. The molecule has 0 aliphatic rings. The molecule has 0 bridgehead atoms. The molecule has 1 aromatic heterocycles. The number of rotatable bonds is 5. The molecule has 0 spiro atoms. The number of para-hydroxylation sites is 1. The van der Waals surface area contributed by atoms with Crippen molar-refractivity contribution in [3.8, 4) is 0 Å². The number of fused-ring (bicyclic) bond motifs is 1. The largest absolute Gasteiger partial charge is 0.465 e. The fourth-order valence-corrected chi connectivity index (χ4v) is 1.90. The van der Waals surface area contributed by atoms with Crippen LogP contribution in [0.5, 0.6) is 0 Å². The zero-order valence-electron chi connectivity index (χ0n) is 10.7. The highest BCUT2D eigenvalue weighted by Gasteiger charge is 2.10. The van der Waals surface area contributed by atoms with Crippen molar-refractivity contribution in [2.45, 2.75) is 13.3 Å². The van der Waals surface area contributed by atoms with Gasteiger partial charge in [0.1, 0.15) is 6.54 Å². The highest BCUT2D eigenvalue weighted by Crippen LogP contribution is 2.17. The number of nitrogens with one attached hydrogen (secondary N) is 2. The third-order valence-corrected chi connectivity index (χ3v) is 2.76. The predicted molar refractivity (Wildman–Crippen MR) is 71.6 cm³/mol. The number of carbonyl (C=O) groups is 2. The number of amides is 1. The van der Waals surface area contributed by atoms with Crippen LogP contribution in [0.4, 0.5) is 0 Å². The maximum absolute atomic E-state index is 11.7. The minimum atomic E-state index is -0.422. The molecule has 0 aliphatic carbocycles. The summed E-state index contributed by atoms with van der Waals surface area (Å²) in [5.74, 6) is -0.618. The van der Waals surface area contributed by atoms with E-state index in [9.17, 15) is 9.59 Å². The smallest absolute Gasteiger partial charge is 0.325 e. The van der Waals surface area contributed by atoms with Gasteiger partial charge in [-0.15, -0.1) is 0 Å². The number of aromatic amines is 1. The molecule has 0 saturated carbocycles. The van der Waals surface area contributed by atoms with E-state index < -0.39 is 5.97 Å². The minimum Gasteiger partial charge on any atom is -0.465 e. The average molecular weight is 260 g/mol. The van der Waals surface area contributed by atoms with Gasteiger partial charge < -0.3 is 15.0 Å². The second-order valence-electron chi connectivity index (χ2n) is 4.12. The van der Waals surface area contributed by atoms with Crippen molar-refractivity contribution in [1.82, 2.24) is 10.3 Å². The molecule has 2 rings (SSSR count). The summed E-state index contributed by atoms with van der Waals surface area (Å²) in [6.07, 6.45) is 2.05. The summed E-state index contributed by atoms with van der Waals surface area (Å²) in [6, 6.07) is 7.77. The molecule has 0 fully saturated rings. The molecule has 2 aromatic rings. The fraction of sp³-hybridized carbons (Fsp3) is 0.286. The van der Waals surface area contributed by atoms with Crippen molar-refractivity contribution in [1.29, 1.82) is 0 Å². The monoisotopic (exact) mass is 260 g/mol. The van der Waals surface area contributed by atoms with Crippen LogP contribution in [-0.2, 0) is 20.7 Å². The van der Waals surface area contributed by atoms with Crippen molar-refractivity contribution in [3.05, 3.63) is 36.0 Å². The van der Waals surface area contributed by atoms with Crippen molar-refractivity contribution in [2.75, 3.05) is 13.2 Å². The van der Waals surface area contributed by atoms with Crippen LogP contribution in [0, 0.1) is 0 Å². The normalized spacial score (nSPS) is 10.4. The average Bonchev–Trinajstić information content (AvgIpc) is 2.80. The van der Waals surface area contributed by atoms with Gasteiger partial charge in [-0.25, -0.2) is 0 Å². The van der Waals surface area contributed by atoms with Crippen molar-refractivity contribution < 1.29 is 14.3 Å². The quantitative estimate of drug-likeness (QED) is 0.798. The van der Waals surface area contributed by atoms with Crippen LogP contribution in [0.15, 0.2) is 30.5 Å². The first-order chi connectivity index (χ1) is 9.20. The van der Waals surface area contributed by atoms with Crippen LogP contribution in [-0.4, -0.2) is 30.0 Å². The van der Waals surface area contributed by atoms with Crippen molar-refractivity contribution >= 4 is 22.8 Å². The number of H-pyrrole nitrogens is 1. The Labute approximate surface area is 110 Å². The summed E-state index contributed by atoms with van der Waals surface area (Å²) >= 11 is 0. The zero-order valence-corrected chi connectivity index (χ0v) is 10.7. The Bertz CT molecular complexity index is 589. The lowest BCUT2D eigenvalue weighted by atomic mass is 10.1. The van der Waals surface area contributed by atoms with Crippen LogP contribution < -0.4 is 5.32 Å². The molecule has 1 heterocycles. The van der Waals surface area contributed by atoms with E-state index in [0.29, 0.717) is 6.61 Å². The van der Waals surface area contributed by atoms with Gasteiger partial charge in [0.15, 0.2) is 0 Å². The molecule has 5 nitrogen and oxygen atoms in total. The Balaban J connectivity index is 1.94. The topological polar surface area (TPSA) is 71.2 Å². The van der Waals surface area contributed by atoms with E-state index in [4.69, 9.17) is 4.74 Å². The number of aromatic nitrogens is 1. The van der Waals surface area contributed by atoms with E-state index in [1.54, 1.807) is 6.92 Å². The number of benzene rings is 1. The maximum atomic E-state index is 11.7. The van der Waals surface area contributed by atoms with E-state index >= 15 is 0 Å². The van der Waals surface area contributed by atoms with Crippen molar-refractivity contribution in [3.63, 3.8) is 0 Å². The number of hydrogen-bond acceptors (Lipinski definition) is 3. The number of hydrogen-bond donors (Lipinski definition) is 2. The van der Waals surface area contributed by atoms with Crippen LogP contribution in [0.3, 0.4) is 0 Å². The number of esters is 1. The lowest BCUT2D eigenvalue weighted by Crippen LogP contribution is -2.31. The van der Waals surface area contributed by atoms with Gasteiger partial charge in [0.2, 0.25) is 5.91 Å². The second kappa shape index (κ2) is 6.04. The van der Waals surface area contributed by atoms with Crippen molar-refractivity contribution in [2.24, 2.45) is 0 Å². The summed E-state index contributed by atoms with van der Waals surface area (Å²) in [5.41, 5.74) is 1.91. The summed E-state index contributed by atoms with van der Waals surface area (Å²) < 4.78 is 4.74. The first-order valence-electron chi connectivity index (χ1n) is 6.18. The van der Waals surface area contributed by atoms with E-state index in [1.807, 2.05) is 30.5 Å². The lowest BCUT2D eigenvalue weighted by Gasteiger charge is -2.04.